The van der Waals surface area contributed by atoms with Crippen molar-refractivity contribution >= 4 is 30.1 Å². The second-order valence-corrected chi connectivity index (χ2v) is 15.3. The van der Waals surface area contributed by atoms with Gasteiger partial charge in [-0.1, -0.05) is 34.6 Å². The first kappa shape index (κ1) is 23.5. The molecule has 2 heterocycles. The Kier molecular flexibility index (Phi) is 6.14. The van der Waals surface area contributed by atoms with Crippen molar-refractivity contribution < 1.29 is 13.6 Å². The van der Waals surface area contributed by atoms with Crippen LogP contribution in [0, 0.1) is 5.82 Å². The fourth-order valence-electron chi connectivity index (χ4n) is 3.82. The molecule has 0 radical (unpaired) electrons. The first-order valence-corrected chi connectivity index (χ1v) is 14.4. The van der Waals surface area contributed by atoms with Gasteiger partial charge in [-0.25, -0.2) is 4.39 Å². The van der Waals surface area contributed by atoms with Gasteiger partial charge in [0.1, 0.15) is 18.2 Å². The lowest BCUT2D eigenvalue weighted by Gasteiger charge is -2.36. The molecule has 0 aliphatic heterocycles. The van der Waals surface area contributed by atoms with Crippen LogP contribution in [0.4, 0.5) is 4.39 Å². The molecule has 4 aromatic rings. The van der Waals surface area contributed by atoms with Gasteiger partial charge in [0, 0.05) is 22.5 Å². The van der Waals surface area contributed by atoms with Crippen molar-refractivity contribution in [1.82, 2.24) is 14.8 Å². The second kappa shape index (κ2) is 8.61. The summed E-state index contributed by atoms with van der Waals surface area (Å²) in [6.07, 6.45) is 1.82. The summed E-state index contributed by atoms with van der Waals surface area (Å²) in [4.78, 5) is 0. The molecule has 0 fully saturated rings. The third-order valence-corrected chi connectivity index (χ3v) is 11.3. The Morgan fingerprint density at radius 3 is 2.52 bits per heavy atom. The molecule has 0 spiro atoms. The van der Waals surface area contributed by atoms with Crippen LogP contribution in [-0.4, -0.2) is 36.3 Å². The van der Waals surface area contributed by atoms with Crippen molar-refractivity contribution in [3.63, 3.8) is 0 Å². The highest BCUT2D eigenvalue weighted by Gasteiger charge is 2.36. The Morgan fingerprint density at radius 2 is 1.82 bits per heavy atom. The minimum Gasteiger partial charge on any atom is -0.489 e. The quantitative estimate of drug-likeness (QED) is 0.231. The van der Waals surface area contributed by atoms with E-state index >= 15 is 0 Å². The van der Waals surface area contributed by atoms with Crippen LogP contribution < -0.4 is 4.74 Å². The highest BCUT2D eigenvalue weighted by Crippen LogP contribution is 2.37. The molecule has 0 amide bonds. The highest BCUT2D eigenvalue weighted by atomic mass is 28.4. The van der Waals surface area contributed by atoms with Crippen LogP contribution in [-0.2, 0) is 4.43 Å². The first-order valence-electron chi connectivity index (χ1n) is 11.5. The average Bonchev–Trinajstić information content (AvgIpc) is 3.32. The SMILES string of the molecule is CC(C)c1cc2cc3[nH]ncc3cc2n1-c1ccc(F)cc1OCCO[Si](C)(C)C(C)(C)C. The number of hydrogen-bond acceptors (Lipinski definition) is 3. The van der Waals surface area contributed by atoms with Crippen molar-refractivity contribution in [1.29, 1.82) is 0 Å². The van der Waals surface area contributed by atoms with E-state index in [-0.39, 0.29) is 16.8 Å². The maximum absolute atomic E-state index is 14.3. The maximum Gasteiger partial charge on any atom is 0.192 e. The number of fused-ring (bicyclic) bond motifs is 2. The van der Waals surface area contributed by atoms with Crippen LogP contribution in [0.2, 0.25) is 18.1 Å². The van der Waals surface area contributed by atoms with E-state index < -0.39 is 8.32 Å². The summed E-state index contributed by atoms with van der Waals surface area (Å²) in [5.74, 6) is 0.466. The molecule has 0 bridgehead atoms. The van der Waals surface area contributed by atoms with Crippen LogP contribution in [0.1, 0.15) is 46.2 Å². The smallest absolute Gasteiger partial charge is 0.192 e. The zero-order chi connectivity index (χ0) is 24.0. The predicted molar refractivity (Wildman–Crippen MR) is 136 cm³/mol. The standard InChI is InChI=1S/C26H34FN3O2Si/c1-17(2)23-13-18-12-21-19(16-28-29-21)14-24(18)30(23)22-9-8-20(27)15-25(22)31-10-11-32-33(6,7)26(3,4)5/h8-9,12-17H,10-11H2,1-7H3,(H,28,29). The molecule has 0 unspecified atom stereocenters. The predicted octanol–water partition coefficient (Wildman–Crippen LogP) is 7.17. The third kappa shape index (κ3) is 4.57. The van der Waals surface area contributed by atoms with Crippen molar-refractivity contribution in [2.24, 2.45) is 0 Å². The summed E-state index contributed by atoms with van der Waals surface area (Å²) in [7, 11) is -1.87. The van der Waals surface area contributed by atoms with Crippen molar-refractivity contribution in [2.45, 2.75) is 58.7 Å². The molecule has 7 heteroatoms. The second-order valence-electron chi connectivity index (χ2n) is 10.5. The lowest BCUT2D eigenvalue weighted by atomic mass is 10.1. The average molecular weight is 468 g/mol. The molecule has 176 valence electrons. The van der Waals surface area contributed by atoms with Crippen LogP contribution in [0.25, 0.3) is 27.5 Å². The number of H-pyrrole nitrogens is 1. The van der Waals surface area contributed by atoms with E-state index in [1.807, 2.05) is 6.20 Å². The van der Waals surface area contributed by atoms with Gasteiger partial charge in [0.15, 0.2) is 8.32 Å². The number of nitrogens with one attached hydrogen (secondary N) is 1. The van der Waals surface area contributed by atoms with Crippen molar-refractivity contribution in [2.75, 3.05) is 13.2 Å². The topological polar surface area (TPSA) is 52.1 Å². The van der Waals surface area contributed by atoms with Gasteiger partial charge in [-0.05, 0) is 54.4 Å². The summed E-state index contributed by atoms with van der Waals surface area (Å²) >= 11 is 0. The molecule has 2 aromatic carbocycles. The Balaban J connectivity index is 1.70. The number of ether oxygens (including phenoxy) is 1. The van der Waals surface area contributed by atoms with Crippen molar-refractivity contribution in [3.05, 3.63) is 54.1 Å². The van der Waals surface area contributed by atoms with Gasteiger partial charge in [-0.15, -0.1) is 0 Å². The van der Waals surface area contributed by atoms with Gasteiger partial charge in [0.2, 0.25) is 0 Å². The fourth-order valence-corrected chi connectivity index (χ4v) is 4.84. The first-order chi connectivity index (χ1) is 15.5. The number of aromatic nitrogens is 3. The lowest BCUT2D eigenvalue weighted by Crippen LogP contribution is -2.41. The van der Waals surface area contributed by atoms with E-state index in [1.54, 1.807) is 6.07 Å². The Hall–Kier alpha value is -2.64. The fraction of sp³-hybridized carbons (Fsp3) is 0.423. The molecule has 33 heavy (non-hydrogen) atoms. The number of aromatic amines is 1. The monoisotopic (exact) mass is 467 g/mol. The van der Waals surface area contributed by atoms with Crippen LogP contribution in [0.15, 0.2) is 42.6 Å². The molecular weight excluding hydrogens is 433 g/mol. The number of halogens is 1. The molecule has 0 aliphatic carbocycles. The molecule has 0 atom stereocenters. The third-order valence-electron chi connectivity index (χ3n) is 6.75. The van der Waals surface area contributed by atoms with Gasteiger partial charge in [0.05, 0.1) is 29.5 Å². The summed E-state index contributed by atoms with van der Waals surface area (Å²) in [6.45, 7) is 16.3. The Labute approximate surface area is 196 Å². The van der Waals surface area contributed by atoms with Crippen LogP contribution in [0.5, 0.6) is 5.75 Å². The summed E-state index contributed by atoms with van der Waals surface area (Å²) in [6, 6.07) is 11.2. The van der Waals surface area contributed by atoms with Gasteiger partial charge in [-0.2, -0.15) is 5.10 Å². The van der Waals surface area contributed by atoms with E-state index in [9.17, 15) is 4.39 Å². The number of rotatable bonds is 7. The van der Waals surface area contributed by atoms with Gasteiger partial charge < -0.3 is 13.7 Å². The Morgan fingerprint density at radius 1 is 1.06 bits per heavy atom. The van der Waals surface area contributed by atoms with E-state index in [2.05, 4.69) is 80.7 Å². The lowest BCUT2D eigenvalue weighted by molar-refractivity contribution is 0.203. The van der Waals surface area contributed by atoms with Gasteiger partial charge in [-0.3, -0.25) is 5.10 Å². The van der Waals surface area contributed by atoms with Crippen LogP contribution in [0.3, 0.4) is 0 Å². The molecule has 5 nitrogen and oxygen atoms in total. The van der Waals surface area contributed by atoms with E-state index in [4.69, 9.17) is 9.16 Å². The minimum absolute atomic E-state index is 0.131. The van der Waals surface area contributed by atoms with E-state index in [0.29, 0.717) is 19.0 Å². The number of nitrogens with zero attached hydrogens (tertiary/aromatic N) is 2. The maximum atomic E-state index is 14.3. The minimum atomic E-state index is -1.87. The summed E-state index contributed by atoms with van der Waals surface area (Å²) < 4.78 is 28.8. The molecule has 0 saturated heterocycles. The van der Waals surface area contributed by atoms with Gasteiger partial charge in [0.25, 0.3) is 0 Å². The molecule has 2 aromatic heterocycles. The molecule has 4 rings (SSSR count). The summed E-state index contributed by atoms with van der Waals surface area (Å²) in [5, 5.41) is 9.47. The normalized spacial score (nSPS) is 12.9. The zero-order valence-corrected chi connectivity index (χ0v) is 21.6. The highest BCUT2D eigenvalue weighted by molar-refractivity contribution is 6.74. The number of hydrogen-bond donors (Lipinski definition) is 1. The van der Waals surface area contributed by atoms with Crippen molar-refractivity contribution in [3.8, 4) is 11.4 Å². The Bertz CT molecular complexity index is 1280. The molecule has 1 N–H and O–H groups in total. The molecular formula is C26H34FN3O2Si. The molecule has 0 aliphatic rings. The van der Waals surface area contributed by atoms with Crippen LogP contribution >= 0.6 is 0 Å². The molecule has 0 saturated carbocycles. The zero-order valence-electron chi connectivity index (χ0n) is 20.6. The van der Waals surface area contributed by atoms with Gasteiger partial charge >= 0.3 is 0 Å². The van der Waals surface area contributed by atoms with E-state index in [0.717, 1.165) is 33.2 Å². The number of benzene rings is 2. The van der Waals surface area contributed by atoms with E-state index in [1.165, 1.54) is 12.1 Å². The largest absolute Gasteiger partial charge is 0.489 e. The summed E-state index contributed by atoms with van der Waals surface area (Å²) in [5.41, 5.74) is 4.00.